The standard InChI is InChI=1S/C10H8F3N3O/c11-10(12,13)9(17)8-6-16(15-14-8)7-4-2-1-3-5-7/h1-6,9,17H/t9-/m1/s1. The summed E-state index contributed by atoms with van der Waals surface area (Å²) in [7, 11) is 0. The number of para-hydroxylation sites is 1. The van der Waals surface area contributed by atoms with E-state index in [-0.39, 0.29) is 0 Å². The minimum Gasteiger partial charge on any atom is -0.378 e. The summed E-state index contributed by atoms with van der Waals surface area (Å²) in [6.45, 7) is 0. The molecule has 0 saturated heterocycles. The van der Waals surface area contributed by atoms with Crippen LogP contribution in [0.25, 0.3) is 5.69 Å². The number of aliphatic hydroxyl groups is 1. The monoisotopic (exact) mass is 243 g/mol. The lowest BCUT2D eigenvalue weighted by Gasteiger charge is -2.10. The first-order valence-electron chi connectivity index (χ1n) is 4.71. The number of aromatic nitrogens is 3. The summed E-state index contributed by atoms with van der Waals surface area (Å²) in [5.41, 5.74) is 0.0435. The molecule has 0 aliphatic carbocycles. The van der Waals surface area contributed by atoms with E-state index >= 15 is 0 Å². The van der Waals surface area contributed by atoms with Crippen LogP contribution in [-0.4, -0.2) is 26.3 Å². The largest absolute Gasteiger partial charge is 0.420 e. The summed E-state index contributed by atoms with van der Waals surface area (Å²) in [4.78, 5) is 0. The first kappa shape index (κ1) is 11.6. The maximum absolute atomic E-state index is 12.2. The number of rotatable bonds is 2. The summed E-state index contributed by atoms with van der Waals surface area (Å²) < 4.78 is 37.8. The highest BCUT2D eigenvalue weighted by atomic mass is 19.4. The molecule has 0 spiro atoms. The maximum Gasteiger partial charge on any atom is 0.420 e. The van der Waals surface area contributed by atoms with Crippen LogP contribution in [0.5, 0.6) is 0 Å². The molecule has 1 N–H and O–H groups in total. The molecule has 2 aromatic rings. The summed E-state index contributed by atoms with van der Waals surface area (Å²) in [6, 6.07) is 8.54. The summed E-state index contributed by atoms with van der Waals surface area (Å²) in [5.74, 6) is 0. The molecule has 1 aromatic carbocycles. The van der Waals surface area contributed by atoms with Crippen molar-refractivity contribution in [3.8, 4) is 5.69 Å². The molecule has 0 fully saturated rings. The van der Waals surface area contributed by atoms with Gasteiger partial charge in [-0.15, -0.1) is 5.10 Å². The molecule has 1 aromatic heterocycles. The van der Waals surface area contributed by atoms with E-state index in [0.717, 1.165) is 6.20 Å². The summed E-state index contributed by atoms with van der Waals surface area (Å²) in [5, 5.41) is 15.8. The van der Waals surface area contributed by atoms with Crippen molar-refractivity contribution in [1.29, 1.82) is 0 Å². The predicted molar refractivity (Wildman–Crippen MR) is 52.4 cm³/mol. The van der Waals surface area contributed by atoms with E-state index < -0.39 is 18.0 Å². The van der Waals surface area contributed by atoms with Gasteiger partial charge in [0.1, 0.15) is 5.69 Å². The average molecular weight is 243 g/mol. The fourth-order valence-corrected chi connectivity index (χ4v) is 1.28. The van der Waals surface area contributed by atoms with E-state index in [1.165, 1.54) is 4.68 Å². The van der Waals surface area contributed by atoms with Crippen LogP contribution in [0.2, 0.25) is 0 Å². The Labute approximate surface area is 94.3 Å². The van der Waals surface area contributed by atoms with Crippen molar-refractivity contribution in [3.63, 3.8) is 0 Å². The van der Waals surface area contributed by atoms with Gasteiger partial charge in [-0.25, -0.2) is 4.68 Å². The van der Waals surface area contributed by atoms with Crippen molar-refractivity contribution < 1.29 is 18.3 Å². The molecule has 1 heterocycles. The zero-order valence-electron chi connectivity index (χ0n) is 8.46. The second-order valence-electron chi connectivity index (χ2n) is 3.37. The molecule has 1 atom stereocenters. The zero-order valence-corrected chi connectivity index (χ0v) is 8.46. The number of benzene rings is 1. The highest BCUT2D eigenvalue weighted by Gasteiger charge is 2.41. The van der Waals surface area contributed by atoms with E-state index in [9.17, 15) is 13.2 Å². The first-order valence-corrected chi connectivity index (χ1v) is 4.71. The van der Waals surface area contributed by atoms with Crippen LogP contribution in [0.15, 0.2) is 36.5 Å². The molecular formula is C10H8F3N3O. The molecule has 90 valence electrons. The minimum absolute atomic E-state index is 0.527. The quantitative estimate of drug-likeness (QED) is 0.875. The van der Waals surface area contributed by atoms with Crippen LogP contribution in [0, 0.1) is 0 Å². The zero-order chi connectivity index (χ0) is 12.5. The van der Waals surface area contributed by atoms with E-state index in [1.807, 2.05) is 0 Å². The maximum atomic E-state index is 12.2. The number of nitrogens with zero attached hydrogens (tertiary/aromatic N) is 3. The molecule has 2 rings (SSSR count). The summed E-state index contributed by atoms with van der Waals surface area (Å²) in [6.07, 6.45) is -6.30. The molecule has 4 nitrogen and oxygen atoms in total. The molecule has 0 radical (unpaired) electrons. The third-order valence-electron chi connectivity index (χ3n) is 2.12. The van der Waals surface area contributed by atoms with Crippen LogP contribution in [0.1, 0.15) is 11.8 Å². The predicted octanol–water partition coefficient (Wildman–Crippen LogP) is 1.86. The van der Waals surface area contributed by atoms with Crippen molar-refractivity contribution in [2.45, 2.75) is 12.3 Å². The van der Waals surface area contributed by atoms with Crippen LogP contribution >= 0.6 is 0 Å². The minimum atomic E-state index is -4.74. The van der Waals surface area contributed by atoms with Gasteiger partial charge in [0, 0.05) is 0 Å². The second kappa shape index (κ2) is 4.17. The van der Waals surface area contributed by atoms with Crippen LogP contribution in [0.3, 0.4) is 0 Å². The van der Waals surface area contributed by atoms with Gasteiger partial charge in [-0.2, -0.15) is 13.2 Å². The van der Waals surface area contributed by atoms with Gasteiger partial charge in [-0.1, -0.05) is 23.4 Å². The Morgan fingerprint density at radius 1 is 1.18 bits per heavy atom. The van der Waals surface area contributed by atoms with E-state index in [1.54, 1.807) is 30.3 Å². The lowest BCUT2D eigenvalue weighted by Crippen LogP contribution is -2.20. The Hall–Kier alpha value is -1.89. The molecule has 0 amide bonds. The van der Waals surface area contributed by atoms with Crippen molar-refractivity contribution in [2.24, 2.45) is 0 Å². The highest BCUT2D eigenvalue weighted by molar-refractivity contribution is 5.30. The Morgan fingerprint density at radius 2 is 1.82 bits per heavy atom. The molecule has 0 aliphatic rings. The topological polar surface area (TPSA) is 50.9 Å². The third-order valence-corrected chi connectivity index (χ3v) is 2.12. The first-order chi connectivity index (χ1) is 7.98. The highest BCUT2D eigenvalue weighted by Crippen LogP contribution is 2.31. The fraction of sp³-hybridized carbons (Fsp3) is 0.200. The van der Waals surface area contributed by atoms with E-state index in [0.29, 0.717) is 5.69 Å². The van der Waals surface area contributed by atoms with Gasteiger partial charge in [-0.05, 0) is 12.1 Å². The Kier molecular flexibility index (Phi) is 2.84. The molecule has 7 heteroatoms. The molecule has 0 unspecified atom stereocenters. The normalized spacial score (nSPS) is 13.6. The van der Waals surface area contributed by atoms with Gasteiger partial charge in [-0.3, -0.25) is 0 Å². The lowest BCUT2D eigenvalue weighted by atomic mass is 10.2. The molecule has 0 aliphatic heterocycles. The van der Waals surface area contributed by atoms with Gasteiger partial charge < -0.3 is 5.11 Å². The van der Waals surface area contributed by atoms with E-state index in [4.69, 9.17) is 5.11 Å². The second-order valence-corrected chi connectivity index (χ2v) is 3.37. The number of halogens is 3. The Bertz CT molecular complexity index is 495. The number of hydrogen-bond acceptors (Lipinski definition) is 3. The van der Waals surface area contributed by atoms with Gasteiger partial charge in [0.15, 0.2) is 6.10 Å². The molecular weight excluding hydrogens is 235 g/mol. The molecule has 0 saturated carbocycles. The van der Waals surface area contributed by atoms with Gasteiger partial charge in [0.05, 0.1) is 11.9 Å². The van der Waals surface area contributed by atoms with Crippen LogP contribution in [0.4, 0.5) is 13.2 Å². The lowest BCUT2D eigenvalue weighted by molar-refractivity contribution is -0.208. The number of aliphatic hydroxyl groups excluding tert-OH is 1. The average Bonchev–Trinajstić information content (AvgIpc) is 2.77. The number of hydrogen-bond donors (Lipinski definition) is 1. The number of alkyl halides is 3. The van der Waals surface area contributed by atoms with Crippen LogP contribution < -0.4 is 0 Å². The van der Waals surface area contributed by atoms with Crippen LogP contribution in [-0.2, 0) is 0 Å². The van der Waals surface area contributed by atoms with Crippen molar-refractivity contribution in [3.05, 3.63) is 42.2 Å². The van der Waals surface area contributed by atoms with Gasteiger partial charge >= 0.3 is 6.18 Å². The Morgan fingerprint density at radius 3 is 2.41 bits per heavy atom. The molecule has 0 bridgehead atoms. The van der Waals surface area contributed by atoms with Crippen molar-refractivity contribution in [1.82, 2.24) is 15.0 Å². The fourth-order valence-electron chi connectivity index (χ4n) is 1.28. The van der Waals surface area contributed by atoms with Crippen molar-refractivity contribution >= 4 is 0 Å². The van der Waals surface area contributed by atoms with E-state index in [2.05, 4.69) is 10.3 Å². The smallest absolute Gasteiger partial charge is 0.378 e. The molecule has 17 heavy (non-hydrogen) atoms. The Balaban J connectivity index is 2.28. The van der Waals surface area contributed by atoms with Gasteiger partial charge in [0.25, 0.3) is 0 Å². The van der Waals surface area contributed by atoms with Crippen molar-refractivity contribution in [2.75, 3.05) is 0 Å². The third kappa shape index (κ3) is 2.44. The van der Waals surface area contributed by atoms with Gasteiger partial charge in [0.2, 0.25) is 0 Å². The summed E-state index contributed by atoms with van der Waals surface area (Å²) >= 11 is 0. The SMILES string of the molecule is O[C@H](c1cn(-c2ccccc2)nn1)C(F)(F)F.